The van der Waals surface area contributed by atoms with Crippen LogP contribution in [0.15, 0.2) is 11.6 Å². The molecule has 0 amide bonds. The molecule has 2 atom stereocenters. The average Bonchev–Trinajstić information content (AvgIpc) is 2.28. The third kappa shape index (κ3) is 1.84. The summed E-state index contributed by atoms with van der Waals surface area (Å²) in [6.07, 6.45) is 8.98. The zero-order valence-corrected chi connectivity index (χ0v) is 8.38. The van der Waals surface area contributed by atoms with Crippen LogP contribution in [0.25, 0.3) is 0 Å². The van der Waals surface area contributed by atoms with E-state index in [9.17, 15) is 4.79 Å². The lowest BCUT2D eigenvalue weighted by Crippen LogP contribution is -2.24. The van der Waals surface area contributed by atoms with E-state index in [0.29, 0.717) is 17.6 Å². The molecule has 0 aliphatic heterocycles. The van der Waals surface area contributed by atoms with Crippen molar-refractivity contribution >= 4 is 5.78 Å². The first-order valence-corrected chi connectivity index (χ1v) is 5.45. The van der Waals surface area contributed by atoms with E-state index < -0.39 is 0 Å². The first kappa shape index (κ1) is 8.98. The van der Waals surface area contributed by atoms with E-state index in [2.05, 4.69) is 13.0 Å². The zero-order valence-electron chi connectivity index (χ0n) is 8.38. The monoisotopic (exact) mass is 178 g/mol. The number of hydrogen-bond donors (Lipinski definition) is 0. The number of ketones is 1. The minimum atomic E-state index is 0.381. The van der Waals surface area contributed by atoms with Crippen LogP contribution in [-0.2, 0) is 4.79 Å². The topological polar surface area (TPSA) is 17.1 Å². The highest BCUT2D eigenvalue weighted by molar-refractivity contribution is 5.81. The molecule has 2 aliphatic carbocycles. The van der Waals surface area contributed by atoms with Crippen molar-refractivity contribution in [3.8, 4) is 0 Å². The fraction of sp³-hybridized carbons (Fsp3) is 0.750. The lowest BCUT2D eigenvalue weighted by atomic mass is 9.77. The molecule has 1 fully saturated rings. The molecule has 0 aromatic carbocycles. The molecule has 72 valence electrons. The van der Waals surface area contributed by atoms with Crippen molar-refractivity contribution in [3.05, 3.63) is 11.6 Å². The van der Waals surface area contributed by atoms with Gasteiger partial charge in [-0.3, -0.25) is 4.79 Å². The quantitative estimate of drug-likeness (QED) is 0.521. The third-order valence-corrected chi connectivity index (χ3v) is 3.54. The maximum absolute atomic E-state index is 11.7. The number of allylic oxidation sites excluding steroid dienone is 2. The van der Waals surface area contributed by atoms with Crippen LogP contribution < -0.4 is 0 Å². The Morgan fingerprint density at radius 3 is 3.08 bits per heavy atom. The van der Waals surface area contributed by atoms with Crippen LogP contribution in [0.3, 0.4) is 0 Å². The van der Waals surface area contributed by atoms with Crippen molar-refractivity contribution < 1.29 is 4.79 Å². The highest BCUT2D eigenvalue weighted by atomic mass is 16.1. The van der Waals surface area contributed by atoms with Gasteiger partial charge in [0, 0.05) is 12.3 Å². The van der Waals surface area contributed by atoms with Gasteiger partial charge in [-0.05, 0) is 38.5 Å². The van der Waals surface area contributed by atoms with Crippen LogP contribution >= 0.6 is 0 Å². The van der Waals surface area contributed by atoms with E-state index in [1.54, 1.807) is 0 Å². The van der Waals surface area contributed by atoms with Gasteiger partial charge < -0.3 is 0 Å². The van der Waals surface area contributed by atoms with Crippen molar-refractivity contribution in [1.82, 2.24) is 0 Å². The van der Waals surface area contributed by atoms with E-state index in [4.69, 9.17) is 0 Å². The highest BCUT2D eigenvalue weighted by Gasteiger charge is 2.31. The van der Waals surface area contributed by atoms with Crippen molar-refractivity contribution in [1.29, 1.82) is 0 Å². The number of Topliss-reactive ketones (excluding diaryl/α,β-unsaturated/α-hetero) is 1. The van der Waals surface area contributed by atoms with Gasteiger partial charge in [-0.15, -0.1) is 0 Å². The van der Waals surface area contributed by atoms with Crippen LogP contribution in [0.4, 0.5) is 0 Å². The number of carbonyl (C=O) groups is 1. The molecule has 0 heterocycles. The van der Waals surface area contributed by atoms with Crippen molar-refractivity contribution in [2.75, 3.05) is 0 Å². The molecular weight excluding hydrogens is 160 g/mol. The van der Waals surface area contributed by atoms with Gasteiger partial charge in [0.15, 0.2) is 0 Å². The Morgan fingerprint density at radius 2 is 2.23 bits per heavy atom. The van der Waals surface area contributed by atoms with Gasteiger partial charge in [0.25, 0.3) is 0 Å². The van der Waals surface area contributed by atoms with Gasteiger partial charge in [0.1, 0.15) is 5.78 Å². The Labute approximate surface area is 80.2 Å². The fourth-order valence-corrected chi connectivity index (χ4v) is 2.75. The maximum Gasteiger partial charge on any atom is 0.136 e. The summed E-state index contributed by atoms with van der Waals surface area (Å²) in [5.41, 5.74) is 1.50. The SMILES string of the molecule is CC1=CC[C@@H]2C(=O)CCCC[C@H]2C1. The number of hydrogen-bond acceptors (Lipinski definition) is 1. The molecule has 0 spiro atoms. The van der Waals surface area contributed by atoms with Crippen LogP contribution in [0.5, 0.6) is 0 Å². The molecule has 0 bridgehead atoms. The molecule has 0 saturated heterocycles. The number of carbonyl (C=O) groups excluding carboxylic acids is 1. The van der Waals surface area contributed by atoms with Gasteiger partial charge in [0.2, 0.25) is 0 Å². The van der Waals surface area contributed by atoms with E-state index in [-0.39, 0.29) is 0 Å². The second-order valence-corrected chi connectivity index (χ2v) is 4.57. The lowest BCUT2D eigenvalue weighted by Gasteiger charge is -2.27. The second-order valence-electron chi connectivity index (χ2n) is 4.57. The summed E-state index contributed by atoms with van der Waals surface area (Å²) >= 11 is 0. The van der Waals surface area contributed by atoms with E-state index in [1.807, 2.05) is 0 Å². The van der Waals surface area contributed by atoms with E-state index in [1.165, 1.54) is 24.8 Å². The van der Waals surface area contributed by atoms with Gasteiger partial charge in [-0.2, -0.15) is 0 Å². The zero-order chi connectivity index (χ0) is 9.26. The van der Waals surface area contributed by atoms with Crippen LogP contribution in [-0.4, -0.2) is 5.78 Å². The Kier molecular flexibility index (Phi) is 2.52. The van der Waals surface area contributed by atoms with Gasteiger partial charge >= 0.3 is 0 Å². The molecule has 0 aromatic rings. The number of rotatable bonds is 0. The van der Waals surface area contributed by atoms with Crippen molar-refractivity contribution in [2.45, 2.75) is 45.4 Å². The van der Waals surface area contributed by atoms with Crippen LogP contribution in [0.2, 0.25) is 0 Å². The summed E-state index contributed by atoms with van der Waals surface area (Å²) in [4.78, 5) is 11.7. The molecule has 0 unspecified atom stereocenters. The summed E-state index contributed by atoms with van der Waals surface area (Å²) in [5, 5.41) is 0. The Hall–Kier alpha value is -0.590. The summed E-state index contributed by atoms with van der Waals surface area (Å²) in [5.74, 6) is 1.59. The van der Waals surface area contributed by atoms with Crippen molar-refractivity contribution in [3.63, 3.8) is 0 Å². The first-order chi connectivity index (χ1) is 6.27. The molecule has 1 saturated carbocycles. The molecule has 1 heteroatoms. The van der Waals surface area contributed by atoms with Gasteiger partial charge in [0.05, 0.1) is 0 Å². The second kappa shape index (κ2) is 3.65. The fourth-order valence-electron chi connectivity index (χ4n) is 2.75. The summed E-state index contributed by atoms with van der Waals surface area (Å²) in [6.45, 7) is 2.20. The highest BCUT2D eigenvalue weighted by Crippen LogP contribution is 2.36. The molecular formula is C12H18O. The number of fused-ring (bicyclic) bond motifs is 1. The molecule has 1 nitrogen and oxygen atoms in total. The van der Waals surface area contributed by atoms with Crippen LogP contribution in [0, 0.1) is 11.8 Å². The predicted octanol–water partition coefficient (Wildman–Crippen LogP) is 3.10. The largest absolute Gasteiger partial charge is 0.299 e. The summed E-state index contributed by atoms with van der Waals surface area (Å²) in [7, 11) is 0. The smallest absolute Gasteiger partial charge is 0.136 e. The molecule has 0 radical (unpaired) electrons. The molecule has 2 aliphatic rings. The third-order valence-electron chi connectivity index (χ3n) is 3.54. The standard InChI is InChI=1S/C12H18O/c1-9-6-7-11-10(8-9)4-2-3-5-12(11)13/h6,10-11H,2-5,7-8H2,1H3/t10-,11-/m0/s1. The van der Waals surface area contributed by atoms with E-state index in [0.717, 1.165) is 19.3 Å². The summed E-state index contributed by atoms with van der Waals surface area (Å²) < 4.78 is 0. The Bertz CT molecular complexity index is 240. The van der Waals surface area contributed by atoms with E-state index >= 15 is 0 Å². The van der Waals surface area contributed by atoms with Crippen molar-refractivity contribution in [2.24, 2.45) is 11.8 Å². The Morgan fingerprint density at radius 1 is 1.38 bits per heavy atom. The van der Waals surface area contributed by atoms with Crippen LogP contribution in [0.1, 0.15) is 45.4 Å². The van der Waals surface area contributed by atoms with Gasteiger partial charge in [-0.1, -0.05) is 18.1 Å². The summed E-state index contributed by atoms with van der Waals surface area (Å²) in [6, 6.07) is 0. The minimum absolute atomic E-state index is 0.381. The molecule has 13 heavy (non-hydrogen) atoms. The van der Waals surface area contributed by atoms with Gasteiger partial charge in [-0.25, -0.2) is 0 Å². The molecule has 0 N–H and O–H groups in total. The molecule has 2 rings (SSSR count). The normalized spacial score (nSPS) is 34.8. The lowest BCUT2D eigenvalue weighted by molar-refractivity contribution is -0.124. The maximum atomic E-state index is 11.7. The first-order valence-electron chi connectivity index (χ1n) is 5.45. The Balaban J connectivity index is 2.14. The average molecular weight is 178 g/mol. The minimum Gasteiger partial charge on any atom is -0.299 e. The predicted molar refractivity (Wildman–Crippen MR) is 53.4 cm³/mol. The molecule has 0 aromatic heterocycles.